The number of benzene rings is 1. The summed E-state index contributed by atoms with van der Waals surface area (Å²) in [5.74, 6) is 0. The van der Waals surface area contributed by atoms with Gasteiger partial charge in [-0.1, -0.05) is 23.7 Å². The van der Waals surface area contributed by atoms with Crippen LogP contribution in [0.5, 0.6) is 0 Å². The van der Waals surface area contributed by atoms with Gasteiger partial charge in [-0.3, -0.25) is 4.79 Å². The van der Waals surface area contributed by atoms with Crippen LogP contribution in [0.3, 0.4) is 0 Å². The van der Waals surface area contributed by atoms with Crippen LogP contribution in [0.1, 0.15) is 19.4 Å². The van der Waals surface area contributed by atoms with Gasteiger partial charge in [-0.2, -0.15) is 0 Å². The van der Waals surface area contributed by atoms with E-state index in [0.717, 1.165) is 5.56 Å². The fraction of sp³-hybridized carbons (Fsp3) is 0.300. The molecule has 1 aromatic carbocycles. The van der Waals surface area contributed by atoms with Gasteiger partial charge in [0.1, 0.15) is 0 Å². The normalized spacial score (nSPS) is 11.2. The molecule has 0 spiro atoms. The molecule has 0 N–H and O–H groups in total. The third kappa shape index (κ3) is 1.86. The Morgan fingerprint density at radius 1 is 1.25 bits per heavy atom. The molecular weight excluding hydrogens is 172 g/mol. The monoisotopic (exact) mass is 181 g/mol. The lowest BCUT2D eigenvalue weighted by atomic mass is 9.87. The Morgan fingerprint density at radius 2 is 1.75 bits per heavy atom. The molecule has 0 bridgehead atoms. The molecule has 0 fully saturated rings. The van der Waals surface area contributed by atoms with Crippen molar-refractivity contribution >= 4 is 17.9 Å². The summed E-state index contributed by atoms with van der Waals surface area (Å²) in [6.45, 7) is 3.65. The van der Waals surface area contributed by atoms with Gasteiger partial charge in [0.05, 0.1) is 5.41 Å². The number of rotatable bonds is 2. The summed E-state index contributed by atoms with van der Waals surface area (Å²) in [6.07, 6.45) is 1.98. The molecule has 0 unspecified atom stereocenters. The lowest BCUT2D eigenvalue weighted by Crippen LogP contribution is -2.18. The maximum atomic E-state index is 10.6. The molecule has 0 aliphatic heterocycles. The van der Waals surface area contributed by atoms with E-state index in [9.17, 15) is 4.79 Å². The first-order valence-corrected chi connectivity index (χ1v) is 4.09. The molecule has 0 atom stereocenters. The second-order valence-electron chi connectivity index (χ2n) is 3.23. The van der Waals surface area contributed by atoms with E-state index in [1.807, 2.05) is 32.3 Å². The van der Waals surface area contributed by atoms with Crippen LogP contribution in [0.4, 0.5) is 0 Å². The smallest absolute Gasteiger partial charge is 0.209 e. The summed E-state index contributed by atoms with van der Waals surface area (Å²) in [7, 11) is 0. The van der Waals surface area contributed by atoms with Gasteiger partial charge in [-0.05, 0) is 31.5 Å². The van der Waals surface area contributed by atoms with E-state index in [4.69, 9.17) is 11.6 Å². The quantitative estimate of drug-likeness (QED) is 0.686. The standard InChI is InChI=1S/C10H10ClO/c1-10(2,7-12)8-3-5-9(11)6-4-8/h3-6H,1-2H3. The van der Waals surface area contributed by atoms with Crippen LogP contribution in [-0.4, -0.2) is 6.29 Å². The minimum atomic E-state index is -0.537. The molecule has 0 aromatic heterocycles. The first-order valence-electron chi connectivity index (χ1n) is 3.71. The van der Waals surface area contributed by atoms with Crippen LogP contribution < -0.4 is 0 Å². The van der Waals surface area contributed by atoms with Crippen LogP contribution in [0, 0.1) is 0 Å². The summed E-state index contributed by atoms with van der Waals surface area (Å²) < 4.78 is 0. The van der Waals surface area contributed by atoms with Gasteiger partial charge in [0.15, 0.2) is 0 Å². The molecule has 0 aliphatic rings. The van der Waals surface area contributed by atoms with Crippen LogP contribution >= 0.6 is 11.6 Å². The summed E-state index contributed by atoms with van der Waals surface area (Å²) in [5, 5.41) is 0.681. The van der Waals surface area contributed by atoms with Gasteiger partial charge in [0.2, 0.25) is 6.29 Å². The average molecular weight is 182 g/mol. The zero-order valence-electron chi connectivity index (χ0n) is 7.10. The Morgan fingerprint density at radius 3 is 2.17 bits per heavy atom. The fourth-order valence-corrected chi connectivity index (χ4v) is 1.05. The highest BCUT2D eigenvalue weighted by molar-refractivity contribution is 6.30. The van der Waals surface area contributed by atoms with Gasteiger partial charge in [-0.25, -0.2) is 0 Å². The Balaban J connectivity index is 3.04. The van der Waals surface area contributed by atoms with Crippen LogP contribution in [0.25, 0.3) is 0 Å². The average Bonchev–Trinajstić information content (AvgIpc) is 2.05. The number of halogens is 1. The molecule has 0 saturated carbocycles. The lowest BCUT2D eigenvalue weighted by Gasteiger charge is -2.15. The predicted molar refractivity (Wildman–Crippen MR) is 50.2 cm³/mol. The molecule has 1 aromatic rings. The van der Waals surface area contributed by atoms with Gasteiger partial charge in [-0.15, -0.1) is 0 Å². The number of hydrogen-bond acceptors (Lipinski definition) is 1. The molecular formula is C10H10ClO. The molecule has 1 nitrogen and oxygen atoms in total. The third-order valence-electron chi connectivity index (χ3n) is 1.82. The van der Waals surface area contributed by atoms with E-state index in [2.05, 4.69) is 0 Å². The minimum absolute atomic E-state index is 0.537. The van der Waals surface area contributed by atoms with Crippen LogP contribution in [0.2, 0.25) is 5.02 Å². The summed E-state index contributed by atoms with van der Waals surface area (Å²) in [5.41, 5.74) is 0.395. The van der Waals surface area contributed by atoms with E-state index in [-0.39, 0.29) is 0 Å². The second-order valence-corrected chi connectivity index (χ2v) is 3.67. The topological polar surface area (TPSA) is 17.1 Å². The summed E-state index contributed by atoms with van der Waals surface area (Å²) in [4.78, 5) is 10.6. The SMILES string of the molecule is CC(C)([C]=O)c1ccc(Cl)cc1. The molecule has 1 radical (unpaired) electrons. The molecule has 0 amide bonds. The highest BCUT2D eigenvalue weighted by Crippen LogP contribution is 2.21. The van der Waals surface area contributed by atoms with E-state index >= 15 is 0 Å². The highest BCUT2D eigenvalue weighted by Gasteiger charge is 2.19. The van der Waals surface area contributed by atoms with Gasteiger partial charge >= 0.3 is 0 Å². The summed E-state index contributed by atoms with van der Waals surface area (Å²) >= 11 is 5.71. The molecule has 1 rings (SSSR count). The number of carbonyl (C=O) groups excluding carboxylic acids is 1. The van der Waals surface area contributed by atoms with Crippen molar-refractivity contribution in [3.63, 3.8) is 0 Å². The van der Waals surface area contributed by atoms with Gasteiger partial charge in [0, 0.05) is 5.02 Å². The zero-order chi connectivity index (χ0) is 9.19. The first kappa shape index (κ1) is 9.27. The molecule has 63 valence electrons. The van der Waals surface area contributed by atoms with Gasteiger partial charge in [0.25, 0.3) is 0 Å². The van der Waals surface area contributed by atoms with Crippen molar-refractivity contribution in [1.82, 2.24) is 0 Å². The maximum absolute atomic E-state index is 10.6. The van der Waals surface area contributed by atoms with E-state index in [1.165, 1.54) is 0 Å². The van der Waals surface area contributed by atoms with Crippen molar-refractivity contribution in [1.29, 1.82) is 0 Å². The second kappa shape index (κ2) is 3.28. The Bertz CT molecular complexity index is 274. The minimum Gasteiger partial charge on any atom is -0.290 e. The van der Waals surface area contributed by atoms with Crippen molar-refractivity contribution in [2.24, 2.45) is 0 Å². The largest absolute Gasteiger partial charge is 0.290 e. The van der Waals surface area contributed by atoms with Gasteiger partial charge < -0.3 is 0 Å². The van der Waals surface area contributed by atoms with Crippen LogP contribution in [0.15, 0.2) is 24.3 Å². The molecule has 2 heteroatoms. The first-order chi connectivity index (χ1) is 5.56. The lowest BCUT2D eigenvalue weighted by molar-refractivity contribution is 0.517. The number of hydrogen-bond donors (Lipinski definition) is 0. The maximum Gasteiger partial charge on any atom is 0.209 e. The van der Waals surface area contributed by atoms with Crippen molar-refractivity contribution in [3.8, 4) is 0 Å². The van der Waals surface area contributed by atoms with E-state index < -0.39 is 5.41 Å². The van der Waals surface area contributed by atoms with Crippen molar-refractivity contribution in [3.05, 3.63) is 34.9 Å². The summed E-state index contributed by atoms with van der Waals surface area (Å²) in [6, 6.07) is 7.23. The van der Waals surface area contributed by atoms with Crippen LogP contribution in [-0.2, 0) is 10.2 Å². The molecule has 12 heavy (non-hydrogen) atoms. The highest BCUT2D eigenvalue weighted by atomic mass is 35.5. The fourth-order valence-electron chi connectivity index (χ4n) is 0.925. The molecule has 0 aliphatic carbocycles. The van der Waals surface area contributed by atoms with Crippen molar-refractivity contribution < 1.29 is 4.79 Å². The van der Waals surface area contributed by atoms with E-state index in [0.29, 0.717) is 5.02 Å². The predicted octanol–water partition coefficient (Wildman–Crippen LogP) is 2.73. The third-order valence-corrected chi connectivity index (χ3v) is 2.07. The Hall–Kier alpha value is -0.820. The molecule has 0 saturated heterocycles. The Kier molecular flexibility index (Phi) is 2.53. The molecule has 0 heterocycles. The van der Waals surface area contributed by atoms with Crippen molar-refractivity contribution in [2.45, 2.75) is 19.3 Å². The Labute approximate surface area is 77.4 Å². The van der Waals surface area contributed by atoms with E-state index in [1.54, 1.807) is 12.1 Å². The van der Waals surface area contributed by atoms with Crippen molar-refractivity contribution in [2.75, 3.05) is 0 Å². The zero-order valence-corrected chi connectivity index (χ0v) is 7.85.